The lowest BCUT2D eigenvalue weighted by Crippen LogP contribution is -2.22. The van der Waals surface area contributed by atoms with Crippen molar-refractivity contribution in [3.63, 3.8) is 0 Å². The van der Waals surface area contributed by atoms with Crippen molar-refractivity contribution in [1.82, 2.24) is 24.9 Å². The molecule has 0 radical (unpaired) electrons. The Kier molecular flexibility index (Phi) is 4.88. The van der Waals surface area contributed by atoms with Crippen LogP contribution in [0.25, 0.3) is 5.69 Å². The fourth-order valence-electron chi connectivity index (χ4n) is 2.73. The number of hydrogen-bond donors (Lipinski definition) is 1. The number of aromatic nitrogens is 4. The number of rotatable bonds is 7. The van der Waals surface area contributed by atoms with Crippen LogP contribution in [0.5, 0.6) is 0 Å². The standard InChI is InChI=1S/C18H23N5/c1-3-22-14-16(13-21-22)9-11-19-15(2)17-7-4-5-8-18(17)23-12-6-10-20-23/h4-8,10,12-15,19H,3,9,11H2,1-2H3/t15-/m0/s1. The molecule has 5 heteroatoms. The molecule has 120 valence electrons. The van der Waals surface area contributed by atoms with Crippen molar-refractivity contribution in [2.45, 2.75) is 32.9 Å². The van der Waals surface area contributed by atoms with Crippen molar-refractivity contribution in [1.29, 1.82) is 0 Å². The number of nitrogens with one attached hydrogen (secondary N) is 1. The van der Waals surface area contributed by atoms with Gasteiger partial charge in [-0.25, -0.2) is 4.68 Å². The third kappa shape index (κ3) is 3.68. The quantitative estimate of drug-likeness (QED) is 0.730. The molecule has 0 aliphatic carbocycles. The molecule has 1 N–H and O–H groups in total. The minimum absolute atomic E-state index is 0.261. The van der Waals surface area contributed by atoms with Crippen LogP contribution in [0.15, 0.2) is 55.1 Å². The summed E-state index contributed by atoms with van der Waals surface area (Å²) in [6, 6.07) is 10.6. The Morgan fingerprint density at radius 3 is 2.78 bits per heavy atom. The summed E-state index contributed by atoms with van der Waals surface area (Å²) in [4.78, 5) is 0. The van der Waals surface area contributed by atoms with Crippen LogP contribution in [0.4, 0.5) is 0 Å². The van der Waals surface area contributed by atoms with Crippen LogP contribution >= 0.6 is 0 Å². The van der Waals surface area contributed by atoms with Crippen LogP contribution in [0.1, 0.15) is 31.0 Å². The average Bonchev–Trinajstić information content (AvgIpc) is 3.26. The summed E-state index contributed by atoms with van der Waals surface area (Å²) >= 11 is 0. The van der Waals surface area contributed by atoms with E-state index in [1.54, 1.807) is 6.20 Å². The topological polar surface area (TPSA) is 47.7 Å². The molecule has 0 fully saturated rings. The zero-order chi connectivity index (χ0) is 16.1. The molecule has 1 aromatic carbocycles. The monoisotopic (exact) mass is 309 g/mol. The van der Waals surface area contributed by atoms with Crippen molar-refractivity contribution in [3.05, 3.63) is 66.2 Å². The molecular formula is C18H23N5. The van der Waals surface area contributed by atoms with Gasteiger partial charge in [0.05, 0.1) is 11.9 Å². The van der Waals surface area contributed by atoms with E-state index >= 15 is 0 Å². The molecule has 2 aromatic heterocycles. The minimum atomic E-state index is 0.261. The van der Waals surface area contributed by atoms with Gasteiger partial charge in [-0.15, -0.1) is 0 Å². The number of nitrogens with zero attached hydrogens (tertiary/aromatic N) is 4. The Labute approximate surface area is 136 Å². The van der Waals surface area contributed by atoms with E-state index in [2.05, 4.69) is 53.8 Å². The Hall–Kier alpha value is -2.40. The maximum Gasteiger partial charge on any atom is 0.0693 e. The molecule has 0 amide bonds. The maximum atomic E-state index is 4.35. The van der Waals surface area contributed by atoms with E-state index in [1.165, 1.54) is 11.1 Å². The fraction of sp³-hybridized carbons (Fsp3) is 0.333. The Balaban J connectivity index is 1.63. The highest BCUT2D eigenvalue weighted by Gasteiger charge is 2.11. The summed E-state index contributed by atoms with van der Waals surface area (Å²) in [5.41, 5.74) is 3.64. The summed E-state index contributed by atoms with van der Waals surface area (Å²) in [5, 5.41) is 12.3. The van der Waals surface area contributed by atoms with Gasteiger partial charge in [-0.1, -0.05) is 18.2 Å². The van der Waals surface area contributed by atoms with Crippen molar-refractivity contribution >= 4 is 0 Å². The van der Waals surface area contributed by atoms with Crippen molar-refractivity contribution < 1.29 is 0 Å². The molecule has 0 saturated carbocycles. The Morgan fingerprint density at radius 2 is 2.04 bits per heavy atom. The highest BCUT2D eigenvalue weighted by molar-refractivity contribution is 5.42. The van der Waals surface area contributed by atoms with Crippen molar-refractivity contribution in [3.8, 4) is 5.69 Å². The predicted octanol–water partition coefficient (Wildman–Crippen LogP) is 2.98. The normalized spacial score (nSPS) is 12.4. The first-order valence-corrected chi connectivity index (χ1v) is 8.11. The second kappa shape index (κ2) is 7.24. The molecule has 2 heterocycles. The number of hydrogen-bond acceptors (Lipinski definition) is 3. The molecule has 23 heavy (non-hydrogen) atoms. The smallest absolute Gasteiger partial charge is 0.0693 e. The van der Waals surface area contributed by atoms with E-state index in [1.807, 2.05) is 33.9 Å². The average molecular weight is 309 g/mol. The summed E-state index contributed by atoms with van der Waals surface area (Å²) < 4.78 is 3.88. The first kappa shape index (κ1) is 15.5. The lowest BCUT2D eigenvalue weighted by Gasteiger charge is -2.18. The lowest BCUT2D eigenvalue weighted by molar-refractivity contribution is 0.572. The zero-order valence-corrected chi connectivity index (χ0v) is 13.7. The molecule has 0 unspecified atom stereocenters. The molecule has 5 nitrogen and oxygen atoms in total. The van der Waals surface area contributed by atoms with Crippen LogP contribution in [0, 0.1) is 0 Å². The van der Waals surface area contributed by atoms with Gasteiger partial charge in [0.25, 0.3) is 0 Å². The number of para-hydroxylation sites is 1. The van der Waals surface area contributed by atoms with Crippen molar-refractivity contribution in [2.75, 3.05) is 6.54 Å². The van der Waals surface area contributed by atoms with Gasteiger partial charge in [0.2, 0.25) is 0 Å². The third-order valence-corrected chi connectivity index (χ3v) is 4.03. The molecule has 3 aromatic rings. The molecular weight excluding hydrogens is 286 g/mol. The van der Waals surface area contributed by atoms with Crippen LogP contribution in [0.2, 0.25) is 0 Å². The molecule has 0 aliphatic heterocycles. The van der Waals surface area contributed by atoms with E-state index in [0.29, 0.717) is 0 Å². The van der Waals surface area contributed by atoms with Gasteiger partial charge in [0.1, 0.15) is 0 Å². The predicted molar refractivity (Wildman–Crippen MR) is 91.6 cm³/mol. The molecule has 3 rings (SSSR count). The first-order valence-electron chi connectivity index (χ1n) is 8.11. The second-order valence-corrected chi connectivity index (χ2v) is 5.64. The molecule has 0 saturated heterocycles. The first-order chi connectivity index (χ1) is 11.3. The van der Waals surface area contributed by atoms with Gasteiger partial charge in [-0.2, -0.15) is 10.2 Å². The fourth-order valence-corrected chi connectivity index (χ4v) is 2.73. The van der Waals surface area contributed by atoms with Gasteiger partial charge in [0, 0.05) is 31.2 Å². The number of aryl methyl sites for hydroxylation is 1. The van der Waals surface area contributed by atoms with Crippen LogP contribution < -0.4 is 5.32 Å². The lowest BCUT2D eigenvalue weighted by atomic mass is 10.1. The van der Waals surface area contributed by atoms with Crippen LogP contribution in [-0.2, 0) is 13.0 Å². The van der Waals surface area contributed by atoms with E-state index in [-0.39, 0.29) is 6.04 Å². The number of benzene rings is 1. The third-order valence-electron chi connectivity index (χ3n) is 4.03. The van der Waals surface area contributed by atoms with Gasteiger partial charge in [-0.05, 0) is 50.1 Å². The highest BCUT2D eigenvalue weighted by atomic mass is 15.3. The largest absolute Gasteiger partial charge is 0.310 e. The van der Waals surface area contributed by atoms with Gasteiger partial charge < -0.3 is 5.32 Å². The van der Waals surface area contributed by atoms with Crippen LogP contribution in [0.3, 0.4) is 0 Å². The summed E-state index contributed by atoms with van der Waals surface area (Å²) in [7, 11) is 0. The van der Waals surface area contributed by atoms with E-state index < -0.39 is 0 Å². The molecule has 0 aliphatic rings. The van der Waals surface area contributed by atoms with Gasteiger partial charge in [-0.3, -0.25) is 4.68 Å². The van der Waals surface area contributed by atoms with Gasteiger partial charge >= 0.3 is 0 Å². The maximum absolute atomic E-state index is 4.35. The Morgan fingerprint density at radius 1 is 1.17 bits per heavy atom. The van der Waals surface area contributed by atoms with Crippen LogP contribution in [-0.4, -0.2) is 26.1 Å². The van der Waals surface area contributed by atoms with Crippen molar-refractivity contribution in [2.24, 2.45) is 0 Å². The molecule has 0 bridgehead atoms. The molecule has 1 atom stereocenters. The van der Waals surface area contributed by atoms with E-state index in [4.69, 9.17) is 0 Å². The van der Waals surface area contributed by atoms with Gasteiger partial charge in [0.15, 0.2) is 0 Å². The van der Waals surface area contributed by atoms with E-state index in [0.717, 1.165) is 25.2 Å². The molecule has 0 spiro atoms. The SMILES string of the molecule is CCn1cc(CCN[C@@H](C)c2ccccc2-n2cccn2)cn1. The summed E-state index contributed by atoms with van der Waals surface area (Å²) in [6.45, 7) is 6.13. The Bertz CT molecular complexity index is 729. The highest BCUT2D eigenvalue weighted by Crippen LogP contribution is 2.20. The van der Waals surface area contributed by atoms with E-state index in [9.17, 15) is 0 Å². The summed E-state index contributed by atoms with van der Waals surface area (Å²) in [6.07, 6.45) is 8.83. The summed E-state index contributed by atoms with van der Waals surface area (Å²) in [5.74, 6) is 0. The minimum Gasteiger partial charge on any atom is -0.310 e. The zero-order valence-electron chi connectivity index (χ0n) is 13.7. The second-order valence-electron chi connectivity index (χ2n) is 5.64.